The topological polar surface area (TPSA) is 9.23 Å². The van der Waals surface area contributed by atoms with Gasteiger partial charge in [-0.15, -0.1) is 0 Å². The van der Waals surface area contributed by atoms with Gasteiger partial charge in [-0.1, -0.05) is 34.1 Å². The zero-order chi connectivity index (χ0) is 12.3. The lowest BCUT2D eigenvalue weighted by atomic mass is 10.1. The molecule has 0 amide bonds. The molecule has 0 aliphatic heterocycles. The second-order valence-electron chi connectivity index (χ2n) is 4.24. The van der Waals surface area contributed by atoms with Gasteiger partial charge in [0, 0.05) is 4.47 Å². The van der Waals surface area contributed by atoms with Gasteiger partial charge >= 0.3 is 0 Å². The Morgan fingerprint density at radius 3 is 2.35 bits per heavy atom. The lowest BCUT2D eigenvalue weighted by Crippen LogP contribution is -1.96. The Kier molecular flexibility index (Phi) is 3.85. The minimum atomic E-state index is 0.600. The molecule has 0 unspecified atom stereocenters. The lowest BCUT2D eigenvalue weighted by molar-refractivity contribution is 0.306. The average molecular weight is 291 g/mol. The lowest BCUT2D eigenvalue weighted by Gasteiger charge is -2.08. The summed E-state index contributed by atoms with van der Waals surface area (Å²) in [5.41, 5.74) is 3.63. The minimum Gasteiger partial charge on any atom is -0.489 e. The largest absolute Gasteiger partial charge is 0.489 e. The molecular formula is C15H15BrO. The second-order valence-corrected chi connectivity index (χ2v) is 5.16. The Labute approximate surface area is 111 Å². The van der Waals surface area contributed by atoms with Crippen molar-refractivity contribution < 1.29 is 4.74 Å². The molecule has 1 nitrogen and oxygen atoms in total. The van der Waals surface area contributed by atoms with Crippen LogP contribution in [-0.4, -0.2) is 0 Å². The molecule has 17 heavy (non-hydrogen) atoms. The van der Waals surface area contributed by atoms with E-state index in [0.717, 1.165) is 10.2 Å². The third kappa shape index (κ3) is 3.60. The van der Waals surface area contributed by atoms with E-state index in [1.165, 1.54) is 16.7 Å². The second kappa shape index (κ2) is 5.37. The Morgan fingerprint density at radius 2 is 1.71 bits per heavy atom. The van der Waals surface area contributed by atoms with Crippen molar-refractivity contribution in [2.45, 2.75) is 20.5 Å². The highest BCUT2D eigenvalue weighted by molar-refractivity contribution is 9.10. The molecule has 0 spiro atoms. The number of ether oxygens (including phenoxy) is 1. The molecule has 0 saturated carbocycles. The van der Waals surface area contributed by atoms with Gasteiger partial charge < -0.3 is 4.74 Å². The molecule has 0 bridgehead atoms. The molecule has 88 valence electrons. The molecule has 2 heteroatoms. The van der Waals surface area contributed by atoms with Crippen molar-refractivity contribution in [2.24, 2.45) is 0 Å². The summed E-state index contributed by atoms with van der Waals surface area (Å²) in [6.07, 6.45) is 0. The van der Waals surface area contributed by atoms with E-state index in [9.17, 15) is 0 Å². The predicted octanol–water partition coefficient (Wildman–Crippen LogP) is 4.64. The van der Waals surface area contributed by atoms with Gasteiger partial charge in [0.1, 0.15) is 12.4 Å². The maximum Gasteiger partial charge on any atom is 0.120 e. The van der Waals surface area contributed by atoms with E-state index in [4.69, 9.17) is 4.74 Å². The Morgan fingerprint density at radius 1 is 1.00 bits per heavy atom. The summed E-state index contributed by atoms with van der Waals surface area (Å²) >= 11 is 3.46. The van der Waals surface area contributed by atoms with Gasteiger partial charge in [-0.05, 0) is 54.8 Å². The third-order valence-corrected chi connectivity index (χ3v) is 2.98. The molecule has 0 aliphatic carbocycles. The molecule has 2 aromatic carbocycles. The van der Waals surface area contributed by atoms with E-state index in [0.29, 0.717) is 6.61 Å². The van der Waals surface area contributed by atoms with Crippen LogP contribution in [0.1, 0.15) is 16.7 Å². The maximum atomic E-state index is 5.79. The first-order chi connectivity index (χ1) is 8.13. The molecule has 0 aliphatic rings. The molecule has 2 aromatic rings. The average Bonchev–Trinajstić information content (AvgIpc) is 2.25. The van der Waals surface area contributed by atoms with Crippen LogP contribution in [0.3, 0.4) is 0 Å². The van der Waals surface area contributed by atoms with Gasteiger partial charge in [-0.25, -0.2) is 0 Å². The highest BCUT2D eigenvalue weighted by Gasteiger charge is 1.98. The number of halogens is 1. The summed E-state index contributed by atoms with van der Waals surface area (Å²) in [4.78, 5) is 0. The molecular weight excluding hydrogens is 276 g/mol. The van der Waals surface area contributed by atoms with Crippen LogP contribution >= 0.6 is 15.9 Å². The van der Waals surface area contributed by atoms with Crippen LogP contribution in [0.4, 0.5) is 0 Å². The first-order valence-electron chi connectivity index (χ1n) is 5.59. The smallest absolute Gasteiger partial charge is 0.120 e. The van der Waals surface area contributed by atoms with Crippen LogP contribution in [0.2, 0.25) is 0 Å². The monoisotopic (exact) mass is 290 g/mol. The van der Waals surface area contributed by atoms with Crippen LogP contribution in [0.5, 0.6) is 5.75 Å². The van der Waals surface area contributed by atoms with Gasteiger partial charge in [0.2, 0.25) is 0 Å². The van der Waals surface area contributed by atoms with Crippen molar-refractivity contribution in [2.75, 3.05) is 0 Å². The Hall–Kier alpha value is -1.28. The minimum absolute atomic E-state index is 0.600. The fourth-order valence-corrected chi connectivity index (χ4v) is 2.26. The van der Waals surface area contributed by atoms with Crippen molar-refractivity contribution in [1.29, 1.82) is 0 Å². The van der Waals surface area contributed by atoms with Crippen LogP contribution in [0.15, 0.2) is 46.9 Å². The van der Waals surface area contributed by atoms with E-state index < -0.39 is 0 Å². The Balaban J connectivity index is 2.07. The summed E-state index contributed by atoms with van der Waals surface area (Å²) in [7, 11) is 0. The van der Waals surface area contributed by atoms with Crippen LogP contribution in [-0.2, 0) is 6.61 Å². The first kappa shape index (κ1) is 12.2. The normalized spacial score (nSPS) is 10.3. The summed E-state index contributed by atoms with van der Waals surface area (Å²) < 4.78 is 6.87. The highest BCUT2D eigenvalue weighted by atomic mass is 79.9. The predicted molar refractivity (Wildman–Crippen MR) is 74.4 cm³/mol. The summed E-state index contributed by atoms with van der Waals surface area (Å²) in [6, 6.07) is 14.4. The molecule has 0 aromatic heterocycles. The fourth-order valence-electron chi connectivity index (χ4n) is 1.81. The van der Waals surface area contributed by atoms with Gasteiger partial charge in [-0.3, -0.25) is 0 Å². The zero-order valence-electron chi connectivity index (χ0n) is 10.0. The summed E-state index contributed by atoms with van der Waals surface area (Å²) in [6.45, 7) is 4.76. The van der Waals surface area contributed by atoms with Crippen molar-refractivity contribution in [3.8, 4) is 5.75 Å². The van der Waals surface area contributed by atoms with Crippen molar-refractivity contribution in [1.82, 2.24) is 0 Å². The van der Waals surface area contributed by atoms with Crippen LogP contribution in [0.25, 0.3) is 0 Å². The number of benzene rings is 2. The molecule has 0 atom stereocenters. The van der Waals surface area contributed by atoms with Crippen molar-refractivity contribution >= 4 is 15.9 Å². The maximum absolute atomic E-state index is 5.79. The van der Waals surface area contributed by atoms with Gasteiger partial charge in [0.25, 0.3) is 0 Å². The van der Waals surface area contributed by atoms with Gasteiger partial charge in [-0.2, -0.15) is 0 Å². The molecule has 0 radical (unpaired) electrons. The SMILES string of the molecule is Cc1cc(C)cc(OCc2cccc(Br)c2)c1. The summed E-state index contributed by atoms with van der Waals surface area (Å²) in [5.74, 6) is 0.933. The molecule has 0 N–H and O–H groups in total. The number of hydrogen-bond acceptors (Lipinski definition) is 1. The highest BCUT2D eigenvalue weighted by Crippen LogP contribution is 2.18. The molecule has 2 rings (SSSR count). The van der Waals surface area contributed by atoms with Crippen LogP contribution in [0, 0.1) is 13.8 Å². The zero-order valence-corrected chi connectivity index (χ0v) is 11.6. The van der Waals surface area contributed by atoms with Crippen molar-refractivity contribution in [3.63, 3.8) is 0 Å². The number of hydrogen-bond donors (Lipinski definition) is 0. The standard InChI is InChI=1S/C15H15BrO/c1-11-6-12(2)8-15(7-11)17-10-13-4-3-5-14(16)9-13/h3-9H,10H2,1-2H3. The van der Waals surface area contributed by atoms with E-state index in [1.54, 1.807) is 0 Å². The fraction of sp³-hybridized carbons (Fsp3) is 0.200. The third-order valence-electron chi connectivity index (χ3n) is 2.49. The molecule has 0 fully saturated rings. The van der Waals surface area contributed by atoms with E-state index in [1.807, 2.05) is 12.1 Å². The van der Waals surface area contributed by atoms with Crippen molar-refractivity contribution in [3.05, 3.63) is 63.6 Å². The van der Waals surface area contributed by atoms with Gasteiger partial charge in [0.15, 0.2) is 0 Å². The number of aryl methyl sites for hydroxylation is 2. The Bertz CT molecular complexity index is 500. The van der Waals surface area contributed by atoms with E-state index in [-0.39, 0.29) is 0 Å². The van der Waals surface area contributed by atoms with Crippen LogP contribution < -0.4 is 4.74 Å². The van der Waals surface area contributed by atoms with Gasteiger partial charge in [0.05, 0.1) is 0 Å². The first-order valence-corrected chi connectivity index (χ1v) is 6.38. The quantitative estimate of drug-likeness (QED) is 0.800. The van der Waals surface area contributed by atoms with E-state index in [2.05, 4.69) is 60.1 Å². The number of rotatable bonds is 3. The molecule has 0 heterocycles. The molecule has 0 saturated heterocycles. The van der Waals surface area contributed by atoms with E-state index >= 15 is 0 Å². The summed E-state index contributed by atoms with van der Waals surface area (Å²) in [5, 5.41) is 0.